The summed E-state index contributed by atoms with van der Waals surface area (Å²) in [6, 6.07) is 2.32. The van der Waals surface area contributed by atoms with Crippen molar-refractivity contribution in [1.29, 1.82) is 0 Å². The van der Waals surface area contributed by atoms with Crippen molar-refractivity contribution in [3.63, 3.8) is 0 Å². The lowest BCUT2D eigenvalue weighted by molar-refractivity contribution is -0.141. The maximum atomic E-state index is 12.5. The zero-order valence-corrected chi connectivity index (χ0v) is 8.66. The van der Waals surface area contributed by atoms with E-state index in [4.69, 9.17) is 0 Å². The van der Waals surface area contributed by atoms with Crippen LogP contribution in [0.15, 0.2) is 18.3 Å². The number of halogens is 1. The number of pyridine rings is 1. The highest BCUT2D eigenvalue weighted by atomic mass is 19.1. The van der Waals surface area contributed by atoms with E-state index in [1.54, 1.807) is 0 Å². The van der Waals surface area contributed by atoms with Crippen LogP contribution in [0.5, 0.6) is 0 Å². The molecule has 0 amide bonds. The summed E-state index contributed by atoms with van der Waals surface area (Å²) in [6.45, 7) is 1.85. The number of aromatic nitrogens is 1. The number of hydrogen-bond acceptors (Lipinski definition) is 4. The van der Waals surface area contributed by atoms with Crippen LogP contribution in [0.3, 0.4) is 0 Å². The van der Waals surface area contributed by atoms with Gasteiger partial charge in [-0.3, -0.25) is 0 Å². The van der Waals surface area contributed by atoms with Gasteiger partial charge in [0.05, 0.1) is 19.0 Å². The zero-order valence-electron chi connectivity index (χ0n) is 8.66. The highest BCUT2D eigenvalue weighted by Crippen LogP contribution is 2.09. The third-order valence-electron chi connectivity index (χ3n) is 1.96. The Kier molecular flexibility index (Phi) is 4.03. The molecule has 4 nitrogen and oxygen atoms in total. The summed E-state index contributed by atoms with van der Waals surface area (Å²) in [5.41, 5.74) is 0.591. The molecular weight excluding hydrogens is 199 g/mol. The number of ether oxygens (including phenoxy) is 1. The second-order valence-corrected chi connectivity index (χ2v) is 3.00. The molecule has 0 bridgehead atoms. The highest BCUT2D eigenvalue weighted by Gasteiger charge is 2.16. The van der Waals surface area contributed by atoms with E-state index >= 15 is 0 Å². The minimum absolute atomic E-state index is 0.346. The second-order valence-electron chi connectivity index (χ2n) is 3.00. The number of nitrogens with one attached hydrogen (secondary N) is 1. The fourth-order valence-corrected chi connectivity index (χ4v) is 1.13. The molecular formula is C10H13FN2O2. The molecule has 0 aliphatic heterocycles. The summed E-state index contributed by atoms with van der Waals surface area (Å²) in [6.07, 6.45) is 1.92. The van der Waals surface area contributed by atoms with E-state index in [2.05, 4.69) is 15.0 Å². The number of hydrogen-bond donors (Lipinski definition) is 1. The molecule has 1 N–H and O–H groups in total. The molecule has 1 rings (SSSR count). The molecule has 0 aliphatic rings. The van der Waals surface area contributed by atoms with Gasteiger partial charge in [0.15, 0.2) is 0 Å². The van der Waals surface area contributed by atoms with E-state index < -0.39 is 12.0 Å². The first kappa shape index (κ1) is 11.4. The summed E-state index contributed by atoms with van der Waals surface area (Å²) in [5.74, 6) is -0.895. The Morgan fingerprint density at radius 1 is 1.67 bits per heavy atom. The summed E-state index contributed by atoms with van der Waals surface area (Å²) >= 11 is 0. The van der Waals surface area contributed by atoms with Crippen molar-refractivity contribution < 1.29 is 13.9 Å². The predicted molar refractivity (Wildman–Crippen MR) is 53.9 cm³/mol. The topological polar surface area (TPSA) is 51.2 Å². The van der Waals surface area contributed by atoms with Crippen LogP contribution >= 0.6 is 0 Å². The van der Waals surface area contributed by atoms with Crippen molar-refractivity contribution in [3.8, 4) is 0 Å². The Labute approximate surface area is 87.5 Å². The average Bonchev–Trinajstić information content (AvgIpc) is 2.27. The van der Waals surface area contributed by atoms with Gasteiger partial charge >= 0.3 is 5.97 Å². The van der Waals surface area contributed by atoms with Crippen molar-refractivity contribution in [1.82, 2.24) is 4.98 Å². The molecule has 0 radical (unpaired) electrons. The summed E-state index contributed by atoms with van der Waals surface area (Å²) in [4.78, 5) is 14.7. The number of carbonyl (C=O) groups is 1. The quantitative estimate of drug-likeness (QED) is 0.608. The zero-order chi connectivity index (χ0) is 11.3. The SMILES string of the molecule is CCC(Nc1ccc(F)nc1)C(=O)OC. The average molecular weight is 212 g/mol. The van der Waals surface area contributed by atoms with Crippen LogP contribution in [0.4, 0.5) is 10.1 Å². The van der Waals surface area contributed by atoms with Crippen LogP contribution in [0.1, 0.15) is 13.3 Å². The van der Waals surface area contributed by atoms with E-state index in [1.807, 2.05) is 6.92 Å². The molecule has 1 unspecified atom stereocenters. The Morgan fingerprint density at radius 3 is 2.87 bits per heavy atom. The molecule has 0 fully saturated rings. The molecule has 15 heavy (non-hydrogen) atoms. The van der Waals surface area contributed by atoms with Gasteiger partial charge in [-0.1, -0.05) is 6.92 Å². The maximum absolute atomic E-state index is 12.5. The Bertz CT molecular complexity index is 327. The molecule has 1 heterocycles. The van der Waals surface area contributed by atoms with Crippen LogP contribution in [0, 0.1) is 5.95 Å². The Morgan fingerprint density at radius 2 is 2.40 bits per heavy atom. The number of methoxy groups -OCH3 is 1. The van der Waals surface area contributed by atoms with Crippen LogP contribution in [-0.2, 0) is 9.53 Å². The monoisotopic (exact) mass is 212 g/mol. The first-order chi connectivity index (χ1) is 7.17. The lowest BCUT2D eigenvalue weighted by atomic mass is 10.2. The molecule has 0 spiro atoms. The normalized spacial score (nSPS) is 11.9. The molecule has 0 aromatic carbocycles. The summed E-state index contributed by atoms with van der Waals surface area (Å²) < 4.78 is 17.1. The van der Waals surface area contributed by atoms with Gasteiger partial charge in [-0.05, 0) is 18.6 Å². The van der Waals surface area contributed by atoms with E-state index in [-0.39, 0.29) is 5.97 Å². The first-order valence-electron chi connectivity index (χ1n) is 4.63. The van der Waals surface area contributed by atoms with Crippen molar-refractivity contribution in [2.45, 2.75) is 19.4 Å². The van der Waals surface area contributed by atoms with E-state index in [0.717, 1.165) is 0 Å². The third-order valence-corrected chi connectivity index (χ3v) is 1.96. The van der Waals surface area contributed by atoms with Crippen LogP contribution in [0.2, 0.25) is 0 Å². The molecule has 1 aromatic heterocycles. The van der Waals surface area contributed by atoms with Gasteiger partial charge in [0.2, 0.25) is 5.95 Å². The highest BCUT2D eigenvalue weighted by molar-refractivity contribution is 5.78. The van der Waals surface area contributed by atoms with Crippen molar-refractivity contribution in [2.24, 2.45) is 0 Å². The standard InChI is InChI=1S/C10H13FN2O2/c1-3-8(10(14)15-2)13-7-4-5-9(11)12-6-7/h4-6,8,13H,3H2,1-2H3. The molecule has 0 saturated carbocycles. The van der Waals surface area contributed by atoms with Crippen molar-refractivity contribution in [3.05, 3.63) is 24.3 Å². The second kappa shape index (κ2) is 5.29. The van der Waals surface area contributed by atoms with Crippen LogP contribution < -0.4 is 5.32 Å². The van der Waals surface area contributed by atoms with Gasteiger partial charge in [0, 0.05) is 0 Å². The van der Waals surface area contributed by atoms with Crippen LogP contribution in [0.25, 0.3) is 0 Å². The first-order valence-corrected chi connectivity index (χ1v) is 4.63. The number of esters is 1. The summed E-state index contributed by atoms with van der Waals surface area (Å²) in [5, 5.41) is 2.90. The molecule has 0 saturated heterocycles. The van der Waals surface area contributed by atoms with Gasteiger partial charge in [0.25, 0.3) is 0 Å². The molecule has 1 aromatic rings. The molecule has 1 atom stereocenters. The maximum Gasteiger partial charge on any atom is 0.328 e. The number of rotatable bonds is 4. The smallest absolute Gasteiger partial charge is 0.328 e. The van der Waals surface area contributed by atoms with Crippen molar-refractivity contribution >= 4 is 11.7 Å². The predicted octanol–water partition coefficient (Wildman–Crippen LogP) is 1.58. The number of anilines is 1. The van der Waals surface area contributed by atoms with E-state index in [9.17, 15) is 9.18 Å². The number of carbonyl (C=O) groups excluding carboxylic acids is 1. The molecule has 0 aliphatic carbocycles. The van der Waals surface area contributed by atoms with Gasteiger partial charge in [0.1, 0.15) is 6.04 Å². The van der Waals surface area contributed by atoms with E-state index in [0.29, 0.717) is 12.1 Å². The van der Waals surface area contributed by atoms with Crippen molar-refractivity contribution in [2.75, 3.05) is 12.4 Å². The van der Waals surface area contributed by atoms with Gasteiger partial charge in [-0.2, -0.15) is 4.39 Å². The third kappa shape index (κ3) is 3.19. The lowest BCUT2D eigenvalue weighted by Crippen LogP contribution is -2.29. The summed E-state index contributed by atoms with van der Waals surface area (Å²) in [7, 11) is 1.33. The van der Waals surface area contributed by atoms with Crippen LogP contribution in [-0.4, -0.2) is 24.1 Å². The molecule has 5 heteroatoms. The van der Waals surface area contributed by atoms with Gasteiger partial charge in [-0.25, -0.2) is 9.78 Å². The minimum Gasteiger partial charge on any atom is -0.467 e. The lowest BCUT2D eigenvalue weighted by Gasteiger charge is -2.15. The van der Waals surface area contributed by atoms with E-state index in [1.165, 1.54) is 25.4 Å². The Balaban J connectivity index is 2.66. The Hall–Kier alpha value is -1.65. The minimum atomic E-state index is -0.549. The number of nitrogens with zero attached hydrogens (tertiary/aromatic N) is 1. The molecule has 82 valence electrons. The van der Waals surface area contributed by atoms with Gasteiger partial charge < -0.3 is 10.1 Å². The fourth-order valence-electron chi connectivity index (χ4n) is 1.13. The fraction of sp³-hybridized carbons (Fsp3) is 0.400. The largest absolute Gasteiger partial charge is 0.467 e. The van der Waals surface area contributed by atoms with Gasteiger partial charge in [-0.15, -0.1) is 0 Å².